The number of rotatable bonds is 5. The summed E-state index contributed by atoms with van der Waals surface area (Å²) in [4.78, 5) is 11.4. The van der Waals surface area contributed by atoms with Crippen molar-refractivity contribution in [1.82, 2.24) is 14.8 Å². The molecule has 4 N–H and O–H groups in total. The van der Waals surface area contributed by atoms with Crippen LogP contribution >= 0.6 is 11.8 Å². The molecule has 0 radical (unpaired) electrons. The smallest absolute Gasteiger partial charge is 0.343 e. The molecule has 0 aliphatic heterocycles. The Hall–Kier alpha value is -1.44. The van der Waals surface area contributed by atoms with E-state index >= 15 is 0 Å². The second kappa shape index (κ2) is 5.59. The minimum Gasteiger partial charge on any atom is -0.409 e. The summed E-state index contributed by atoms with van der Waals surface area (Å²) in [5.41, 5.74) is 5.21. The zero-order valence-corrected chi connectivity index (χ0v) is 9.99. The Morgan fingerprint density at radius 3 is 3.06 bits per heavy atom. The third kappa shape index (κ3) is 2.78. The first-order valence-electron chi connectivity index (χ1n) is 4.89. The van der Waals surface area contributed by atoms with E-state index in [1.165, 1.54) is 16.3 Å². The van der Waals surface area contributed by atoms with Crippen LogP contribution in [0.15, 0.2) is 15.1 Å². The van der Waals surface area contributed by atoms with E-state index in [2.05, 4.69) is 15.4 Å². The molecule has 0 saturated heterocycles. The van der Waals surface area contributed by atoms with E-state index in [1.807, 2.05) is 6.92 Å². The van der Waals surface area contributed by atoms with Gasteiger partial charge < -0.3 is 10.9 Å². The third-order valence-electron chi connectivity index (χ3n) is 1.98. The quantitative estimate of drug-likeness (QED) is 0.226. The molecule has 1 aromatic rings. The predicted molar refractivity (Wildman–Crippen MR) is 61.9 cm³/mol. The summed E-state index contributed by atoms with van der Waals surface area (Å²) in [6, 6.07) is 0. The summed E-state index contributed by atoms with van der Waals surface area (Å²) < 4.78 is 1.53. The Labute approximate surface area is 96.7 Å². The van der Waals surface area contributed by atoms with E-state index in [-0.39, 0.29) is 16.8 Å². The van der Waals surface area contributed by atoms with Gasteiger partial charge in [0.05, 0.1) is 5.25 Å². The van der Waals surface area contributed by atoms with Crippen LogP contribution in [0.3, 0.4) is 0 Å². The average Bonchev–Trinajstić information content (AvgIpc) is 2.61. The van der Waals surface area contributed by atoms with Gasteiger partial charge in [0.1, 0.15) is 0 Å². The molecule has 0 fully saturated rings. The van der Waals surface area contributed by atoms with E-state index in [4.69, 9.17) is 10.9 Å². The molecular formula is C8H15N5O2S. The molecule has 1 unspecified atom stereocenters. The molecule has 1 rings (SSSR count). The largest absolute Gasteiger partial charge is 0.409 e. The Bertz CT molecular complexity index is 424. The predicted octanol–water partition coefficient (Wildman–Crippen LogP) is 0.208. The summed E-state index contributed by atoms with van der Waals surface area (Å²) in [7, 11) is 0. The van der Waals surface area contributed by atoms with Gasteiger partial charge >= 0.3 is 5.69 Å². The first kappa shape index (κ1) is 12.6. The van der Waals surface area contributed by atoms with E-state index in [1.54, 1.807) is 6.92 Å². The second-order valence-corrected chi connectivity index (χ2v) is 4.56. The molecule has 7 nitrogen and oxygen atoms in total. The highest BCUT2D eigenvalue weighted by Gasteiger charge is 2.15. The molecule has 0 saturated carbocycles. The SMILES string of the molecule is CCCn1c(SC(C)C(N)=NO)n[nH]c1=O. The number of thioether (sulfide) groups is 1. The maximum atomic E-state index is 11.4. The zero-order valence-electron chi connectivity index (χ0n) is 9.17. The molecule has 16 heavy (non-hydrogen) atoms. The van der Waals surface area contributed by atoms with Crippen LogP contribution in [0, 0.1) is 0 Å². The number of nitrogens with two attached hydrogens (primary N) is 1. The van der Waals surface area contributed by atoms with Gasteiger partial charge in [-0.15, -0.1) is 5.10 Å². The van der Waals surface area contributed by atoms with Crippen molar-refractivity contribution in [3.63, 3.8) is 0 Å². The molecule has 0 aliphatic carbocycles. The first-order valence-corrected chi connectivity index (χ1v) is 5.77. The number of nitrogens with zero attached hydrogens (tertiary/aromatic N) is 3. The lowest BCUT2D eigenvalue weighted by molar-refractivity contribution is 0.317. The molecule has 8 heteroatoms. The second-order valence-electron chi connectivity index (χ2n) is 3.25. The maximum absolute atomic E-state index is 11.4. The van der Waals surface area contributed by atoms with Crippen LogP contribution in [0.2, 0.25) is 0 Å². The molecule has 90 valence electrons. The lowest BCUT2D eigenvalue weighted by Gasteiger charge is -2.08. The first-order chi connectivity index (χ1) is 7.60. The van der Waals surface area contributed by atoms with Crippen LogP contribution in [0.4, 0.5) is 0 Å². The maximum Gasteiger partial charge on any atom is 0.343 e. The van der Waals surface area contributed by atoms with E-state index in [9.17, 15) is 4.79 Å². The Balaban J connectivity index is 2.85. The van der Waals surface area contributed by atoms with E-state index in [0.717, 1.165) is 6.42 Å². The van der Waals surface area contributed by atoms with Gasteiger partial charge in [0.2, 0.25) is 0 Å². The monoisotopic (exact) mass is 245 g/mol. The number of oxime groups is 1. The summed E-state index contributed by atoms with van der Waals surface area (Å²) >= 11 is 1.27. The van der Waals surface area contributed by atoms with Crippen LogP contribution in [0.5, 0.6) is 0 Å². The molecule has 1 atom stereocenters. The molecule has 0 aliphatic rings. The van der Waals surface area contributed by atoms with Gasteiger partial charge in [-0.2, -0.15) is 0 Å². The van der Waals surface area contributed by atoms with E-state index < -0.39 is 0 Å². The topological polar surface area (TPSA) is 109 Å². The molecule has 0 spiro atoms. The van der Waals surface area contributed by atoms with Crippen molar-refractivity contribution >= 4 is 17.6 Å². The molecule has 0 bridgehead atoms. The van der Waals surface area contributed by atoms with Gasteiger partial charge in [-0.25, -0.2) is 9.89 Å². The number of hydrogen-bond acceptors (Lipinski definition) is 5. The van der Waals surface area contributed by atoms with Crippen molar-refractivity contribution in [2.75, 3.05) is 0 Å². The lowest BCUT2D eigenvalue weighted by Crippen LogP contribution is -2.24. The van der Waals surface area contributed by atoms with Crippen LogP contribution in [0.1, 0.15) is 20.3 Å². The van der Waals surface area contributed by atoms with Crippen molar-refractivity contribution in [2.45, 2.75) is 37.2 Å². The molecule has 0 aromatic carbocycles. The van der Waals surface area contributed by atoms with Crippen molar-refractivity contribution < 1.29 is 5.21 Å². The number of nitrogens with one attached hydrogen (secondary N) is 1. The van der Waals surface area contributed by atoms with E-state index in [0.29, 0.717) is 11.7 Å². The summed E-state index contributed by atoms with van der Waals surface area (Å²) in [6.45, 7) is 4.34. The number of H-pyrrole nitrogens is 1. The Morgan fingerprint density at radius 1 is 1.81 bits per heavy atom. The van der Waals surface area contributed by atoms with Crippen LogP contribution in [0.25, 0.3) is 0 Å². The fourth-order valence-corrected chi connectivity index (χ4v) is 2.00. The fraction of sp³-hybridized carbons (Fsp3) is 0.625. The third-order valence-corrected chi connectivity index (χ3v) is 3.10. The minimum atomic E-state index is -0.240. The number of aromatic amines is 1. The van der Waals surface area contributed by atoms with Gasteiger partial charge in [-0.3, -0.25) is 4.57 Å². The van der Waals surface area contributed by atoms with Gasteiger partial charge in [0.15, 0.2) is 11.0 Å². The highest BCUT2D eigenvalue weighted by molar-refractivity contribution is 8.00. The van der Waals surface area contributed by atoms with Crippen LogP contribution in [-0.4, -0.2) is 31.1 Å². The van der Waals surface area contributed by atoms with Crippen molar-refractivity contribution in [3.05, 3.63) is 10.5 Å². The molecule has 0 amide bonds. The Kier molecular flexibility index (Phi) is 4.41. The van der Waals surface area contributed by atoms with Gasteiger partial charge in [0, 0.05) is 6.54 Å². The zero-order chi connectivity index (χ0) is 12.1. The summed E-state index contributed by atoms with van der Waals surface area (Å²) in [5.74, 6) is 0.100. The van der Waals surface area contributed by atoms with Crippen molar-refractivity contribution in [2.24, 2.45) is 10.9 Å². The van der Waals surface area contributed by atoms with Crippen LogP contribution in [-0.2, 0) is 6.54 Å². The lowest BCUT2D eigenvalue weighted by atomic mass is 10.4. The van der Waals surface area contributed by atoms with Crippen LogP contribution < -0.4 is 11.4 Å². The van der Waals surface area contributed by atoms with Gasteiger partial charge in [-0.05, 0) is 13.3 Å². The molecular weight excluding hydrogens is 230 g/mol. The van der Waals surface area contributed by atoms with Gasteiger partial charge in [0.25, 0.3) is 0 Å². The Morgan fingerprint density at radius 2 is 2.50 bits per heavy atom. The van der Waals surface area contributed by atoms with Gasteiger partial charge in [-0.1, -0.05) is 23.8 Å². The highest BCUT2D eigenvalue weighted by Crippen LogP contribution is 2.19. The van der Waals surface area contributed by atoms with Crippen molar-refractivity contribution in [3.8, 4) is 0 Å². The minimum absolute atomic E-state index is 0.100. The average molecular weight is 245 g/mol. The number of amidine groups is 1. The number of aromatic nitrogens is 3. The summed E-state index contributed by atoms with van der Waals surface area (Å²) in [5, 5.41) is 18.0. The normalized spacial score (nSPS) is 14.0. The molecule has 1 aromatic heterocycles. The summed E-state index contributed by atoms with van der Waals surface area (Å²) in [6.07, 6.45) is 0.838. The van der Waals surface area contributed by atoms with Crippen molar-refractivity contribution in [1.29, 1.82) is 0 Å². The number of hydrogen-bond donors (Lipinski definition) is 3. The molecule has 1 heterocycles. The highest BCUT2D eigenvalue weighted by atomic mass is 32.2. The standard InChI is InChI=1S/C8H15N5O2S/c1-3-4-13-7(14)10-11-8(13)16-5(2)6(9)12-15/h5,15H,3-4H2,1-2H3,(H2,9,12)(H,10,14). The fourth-order valence-electron chi connectivity index (χ4n) is 1.11.